The maximum absolute atomic E-state index is 5.40. The Labute approximate surface area is 127 Å². The van der Waals surface area contributed by atoms with Gasteiger partial charge in [-0.3, -0.25) is 0 Å². The molecule has 0 saturated heterocycles. The second-order valence-electron chi connectivity index (χ2n) is 5.70. The lowest BCUT2D eigenvalue weighted by molar-refractivity contribution is 0.627. The van der Waals surface area contributed by atoms with Gasteiger partial charge in [-0.05, 0) is 43.4 Å². The van der Waals surface area contributed by atoms with Gasteiger partial charge in [-0.25, -0.2) is 10.8 Å². The van der Waals surface area contributed by atoms with Gasteiger partial charge in [0.1, 0.15) is 11.6 Å². The molecule has 2 saturated carbocycles. The Morgan fingerprint density at radius 3 is 2.86 bits per heavy atom. The summed E-state index contributed by atoms with van der Waals surface area (Å²) >= 11 is 1.75. The van der Waals surface area contributed by atoms with Crippen LogP contribution in [0.15, 0.2) is 23.5 Å². The third kappa shape index (κ3) is 2.75. The zero-order chi connectivity index (χ0) is 14.2. The Balaban J connectivity index is 1.51. The van der Waals surface area contributed by atoms with Crippen LogP contribution in [0.4, 0.5) is 5.82 Å². The van der Waals surface area contributed by atoms with Crippen LogP contribution in [-0.2, 0) is 5.75 Å². The highest BCUT2D eigenvalue weighted by molar-refractivity contribution is 7.98. The van der Waals surface area contributed by atoms with Crippen molar-refractivity contribution in [2.24, 2.45) is 5.84 Å². The number of nitrogen functional groups attached to an aromatic ring is 1. The van der Waals surface area contributed by atoms with Crippen molar-refractivity contribution >= 4 is 17.6 Å². The van der Waals surface area contributed by atoms with Gasteiger partial charge in [0.05, 0.1) is 0 Å². The molecule has 2 aliphatic rings. The Hall–Kier alpha value is -1.60. The summed E-state index contributed by atoms with van der Waals surface area (Å²) in [5.74, 6) is 8.80. The maximum Gasteiger partial charge on any atom is 0.191 e. The van der Waals surface area contributed by atoms with Gasteiger partial charge in [-0.1, -0.05) is 11.8 Å². The number of rotatable bonds is 6. The minimum atomic E-state index is 0.636. The number of aromatic nitrogens is 4. The van der Waals surface area contributed by atoms with Gasteiger partial charge in [-0.2, -0.15) is 0 Å². The van der Waals surface area contributed by atoms with Gasteiger partial charge in [0.2, 0.25) is 0 Å². The number of hydrogen-bond acceptors (Lipinski definition) is 6. The van der Waals surface area contributed by atoms with E-state index < -0.39 is 0 Å². The first kappa shape index (κ1) is 13.1. The number of nitrogens with two attached hydrogens (primary N) is 1. The summed E-state index contributed by atoms with van der Waals surface area (Å²) in [5, 5.41) is 9.90. The molecule has 0 aliphatic heterocycles. The lowest BCUT2D eigenvalue weighted by Gasteiger charge is -2.08. The quantitative estimate of drug-likeness (QED) is 0.484. The predicted molar refractivity (Wildman–Crippen MR) is 81.9 cm³/mol. The first-order chi connectivity index (χ1) is 10.3. The number of nitrogens with one attached hydrogen (secondary N) is 1. The molecule has 0 spiro atoms. The van der Waals surface area contributed by atoms with Crippen LogP contribution in [0.5, 0.6) is 0 Å². The molecule has 2 aromatic heterocycles. The first-order valence-electron chi connectivity index (χ1n) is 7.34. The van der Waals surface area contributed by atoms with E-state index in [1.54, 1.807) is 18.0 Å². The zero-order valence-corrected chi connectivity index (χ0v) is 12.5. The molecule has 2 heterocycles. The van der Waals surface area contributed by atoms with Crippen LogP contribution < -0.4 is 11.3 Å². The molecule has 2 aliphatic carbocycles. The number of anilines is 1. The first-order valence-corrected chi connectivity index (χ1v) is 8.33. The van der Waals surface area contributed by atoms with E-state index in [1.165, 1.54) is 37.1 Å². The van der Waals surface area contributed by atoms with E-state index in [-0.39, 0.29) is 0 Å². The summed E-state index contributed by atoms with van der Waals surface area (Å²) in [4.78, 5) is 4.13. The summed E-state index contributed by atoms with van der Waals surface area (Å²) in [6.07, 6.45) is 6.84. The molecule has 4 rings (SSSR count). The summed E-state index contributed by atoms with van der Waals surface area (Å²) in [6.45, 7) is 0. The van der Waals surface area contributed by atoms with Crippen LogP contribution in [0.25, 0.3) is 0 Å². The van der Waals surface area contributed by atoms with Crippen LogP contribution in [-0.4, -0.2) is 19.7 Å². The topological polar surface area (TPSA) is 81.6 Å². The zero-order valence-electron chi connectivity index (χ0n) is 11.7. The van der Waals surface area contributed by atoms with Crippen molar-refractivity contribution in [2.45, 2.75) is 48.6 Å². The molecule has 2 fully saturated rings. The molecule has 0 amide bonds. The summed E-state index contributed by atoms with van der Waals surface area (Å²) in [7, 11) is 0. The summed E-state index contributed by atoms with van der Waals surface area (Å²) in [6, 6.07) is 4.61. The van der Waals surface area contributed by atoms with Crippen molar-refractivity contribution < 1.29 is 0 Å². The standard InChI is InChI=1S/C14H18N6S/c15-17-12-7-9(5-6-16-12)8-21-14-19-18-13(10-1-2-10)20(14)11-3-4-11/h5-7,10-11H,1-4,8,15H2,(H,16,17). The molecule has 110 valence electrons. The van der Waals surface area contributed by atoms with Gasteiger partial charge in [0.15, 0.2) is 5.16 Å². The molecule has 0 unspecified atom stereocenters. The van der Waals surface area contributed by atoms with Crippen molar-refractivity contribution in [3.63, 3.8) is 0 Å². The number of nitrogens with zero attached hydrogens (tertiary/aromatic N) is 4. The minimum absolute atomic E-state index is 0.636. The molecule has 0 aromatic carbocycles. The fourth-order valence-electron chi connectivity index (χ4n) is 2.47. The number of pyridine rings is 1. The van der Waals surface area contributed by atoms with E-state index in [9.17, 15) is 0 Å². The SMILES string of the molecule is NNc1cc(CSc2nnc(C3CC3)n2C2CC2)ccn1. The molecule has 21 heavy (non-hydrogen) atoms. The smallest absolute Gasteiger partial charge is 0.191 e. The van der Waals surface area contributed by atoms with Gasteiger partial charge in [0.25, 0.3) is 0 Å². The van der Waals surface area contributed by atoms with Gasteiger partial charge < -0.3 is 9.99 Å². The van der Waals surface area contributed by atoms with Crippen LogP contribution in [0.1, 0.15) is 49.0 Å². The second-order valence-corrected chi connectivity index (χ2v) is 6.64. The van der Waals surface area contributed by atoms with Crippen LogP contribution in [0.3, 0.4) is 0 Å². The minimum Gasteiger partial charge on any atom is -0.308 e. The molecule has 2 aromatic rings. The molecule has 0 atom stereocenters. The van der Waals surface area contributed by atoms with E-state index in [0.717, 1.165) is 10.9 Å². The molecule has 0 radical (unpaired) electrons. The average Bonchev–Trinajstić information content (AvgIpc) is 3.44. The van der Waals surface area contributed by atoms with E-state index in [1.807, 2.05) is 12.1 Å². The highest BCUT2D eigenvalue weighted by Gasteiger charge is 2.36. The number of hydrazine groups is 1. The van der Waals surface area contributed by atoms with E-state index in [0.29, 0.717) is 17.8 Å². The molecular formula is C14H18N6S. The predicted octanol–water partition coefficient (Wildman–Crippen LogP) is 2.46. The van der Waals surface area contributed by atoms with Gasteiger partial charge >= 0.3 is 0 Å². The lowest BCUT2D eigenvalue weighted by atomic mass is 10.3. The molecule has 3 N–H and O–H groups in total. The number of thioether (sulfide) groups is 1. The van der Waals surface area contributed by atoms with Crippen molar-refractivity contribution in [1.29, 1.82) is 0 Å². The third-order valence-corrected chi connectivity index (χ3v) is 4.90. The molecule has 6 nitrogen and oxygen atoms in total. The fourth-order valence-corrected chi connectivity index (χ4v) is 3.43. The van der Waals surface area contributed by atoms with Crippen LogP contribution >= 0.6 is 11.8 Å². The maximum atomic E-state index is 5.40. The Morgan fingerprint density at radius 1 is 1.29 bits per heavy atom. The average molecular weight is 302 g/mol. The van der Waals surface area contributed by atoms with Crippen molar-refractivity contribution in [3.8, 4) is 0 Å². The summed E-state index contributed by atoms with van der Waals surface area (Å²) < 4.78 is 2.38. The van der Waals surface area contributed by atoms with Crippen LogP contribution in [0.2, 0.25) is 0 Å². The second kappa shape index (κ2) is 5.31. The summed E-state index contributed by atoms with van der Waals surface area (Å²) in [5.41, 5.74) is 3.76. The Bertz CT molecular complexity index is 647. The monoisotopic (exact) mass is 302 g/mol. The van der Waals surface area contributed by atoms with Crippen LogP contribution in [0, 0.1) is 0 Å². The number of hydrogen-bond donors (Lipinski definition) is 2. The highest BCUT2D eigenvalue weighted by Crippen LogP contribution is 2.46. The Kier molecular flexibility index (Phi) is 3.31. The molecule has 7 heteroatoms. The molecule has 0 bridgehead atoms. The van der Waals surface area contributed by atoms with Crippen molar-refractivity contribution in [3.05, 3.63) is 29.7 Å². The van der Waals surface area contributed by atoms with Gasteiger partial charge in [-0.15, -0.1) is 10.2 Å². The highest BCUT2D eigenvalue weighted by atomic mass is 32.2. The van der Waals surface area contributed by atoms with Crippen molar-refractivity contribution in [2.75, 3.05) is 5.43 Å². The fraction of sp³-hybridized carbons (Fsp3) is 0.500. The van der Waals surface area contributed by atoms with E-state index >= 15 is 0 Å². The van der Waals surface area contributed by atoms with Gasteiger partial charge in [0, 0.05) is 23.9 Å². The van der Waals surface area contributed by atoms with E-state index in [4.69, 9.17) is 5.84 Å². The normalized spacial score (nSPS) is 18.0. The van der Waals surface area contributed by atoms with Crippen molar-refractivity contribution in [1.82, 2.24) is 19.7 Å². The van der Waals surface area contributed by atoms with E-state index in [2.05, 4.69) is 25.2 Å². The lowest BCUT2D eigenvalue weighted by Crippen LogP contribution is -2.08. The third-order valence-electron chi connectivity index (χ3n) is 3.89. The Morgan fingerprint density at radius 2 is 2.14 bits per heavy atom. The largest absolute Gasteiger partial charge is 0.308 e. The molecular weight excluding hydrogens is 284 g/mol.